The number of carbonyl (C=O) groups is 2. The van der Waals surface area contributed by atoms with Gasteiger partial charge >= 0.3 is 11.9 Å². The monoisotopic (exact) mass is 666 g/mol. The van der Waals surface area contributed by atoms with Gasteiger partial charge in [-0.1, -0.05) is 60.1 Å². The topological polar surface area (TPSA) is 102 Å². The number of carboxylic acids is 2. The maximum Gasteiger partial charge on any atom is 0.340 e. The van der Waals surface area contributed by atoms with E-state index in [0.29, 0.717) is 30.9 Å². The van der Waals surface area contributed by atoms with Crippen LogP contribution in [0.2, 0.25) is 0 Å². The van der Waals surface area contributed by atoms with Crippen molar-refractivity contribution in [2.75, 3.05) is 25.6 Å². The summed E-state index contributed by atoms with van der Waals surface area (Å²) >= 11 is 1.69. The lowest BCUT2D eigenvalue weighted by molar-refractivity contribution is -0.164. The van der Waals surface area contributed by atoms with E-state index in [4.69, 9.17) is 14.2 Å². The largest absolute Gasteiger partial charge is 0.490 e. The standard InChI is InChI=1S/C40H42O7S/c1-6-45-37(38(41)42)28-33-15-21-36(22-16-33)48-26-24-30(4)12-14-32-10-8-9-31(27-32)13-11-29(3)23-25-46-35-19-17-34(18-20-35)40(5,39(43)44)47-7-2/h8-10,15-24,27,37H,6-7,25-26,28H2,1-5H3,(H,41,42)(H,43,44). The molecule has 0 aliphatic carbocycles. The van der Waals surface area contributed by atoms with Crippen LogP contribution in [0.3, 0.4) is 0 Å². The summed E-state index contributed by atoms with van der Waals surface area (Å²) in [5.41, 5.74) is 3.63. The van der Waals surface area contributed by atoms with Gasteiger partial charge in [0, 0.05) is 41.4 Å². The third-order valence-corrected chi connectivity index (χ3v) is 8.12. The van der Waals surface area contributed by atoms with Gasteiger partial charge < -0.3 is 24.4 Å². The summed E-state index contributed by atoms with van der Waals surface area (Å²) in [4.78, 5) is 24.1. The Morgan fingerprint density at radius 3 is 2.06 bits per heavy atom. The molecule has 0 aromatic heterocycles. The van der Waals surface area contributed by atoms with Crippen molar-refractivity contribution in [3.63, 3.8) is 0 Å². The predicted molar refractivity (Wildman–Crippen MR) is 190 cm³/mol. The van der Waals surface area contributed by atoms with Crippen LogP contribution in [0.15, 0.2) is 101 Å². The molecule has 0 aliphatic heterocycles. The highest BCUT2D eigenvalue weighted by Crippen LogP contribution is 2.27. The van der Waals surface area contributed by atoms with E-state index in [9.17, 15) is 19.8 Å². The number of carboxylic acid groups (broad SMARTS) is 2. The van der Waals surface area contributed by atoms with E-state index in [1.165, 1.54) is 6.92 Å². The van der Waals surface area contributed by atoms with Crippen LogP contribution in [0.1, 0.15) is 56.9 Å². The van der Waals surface area contributed by atoms with Crippen molar-refractivity contribution in [3.05, 3.63) is 118 Å². The van der Waals surface area contributed by atoms with Gasteiger partial charge in [0.25, 0.3) is 0 Å². The quantitative estimate of drug-likeness (QED) is 0.127. The van der Waals surface area contributed by atoms with Gasteiger partial charge in [0.05, 0.1) is 0 Å². The fourth-order valence-electron chi connectivity index (χ4n) is 4.43. The van der Waals surface area contributed by atoms with Gasteiger partial charge in [-0.3, -0.25) is 0 Å². The molecule has 0 saturated carbocycles. The molecule has 0 aliphatic rings. The molecule has 2 atom stereocenters. The first-order valence-corrected chi connectivity index (χ1v) is 16.7. The Bertz CT molecular complexity index is 1720. The Kier molecular flexibility index (Phi) is 15.1. The van der Waals surface area contributed by atoms with Crippen LogP contribution in [0.25, 0.3) is 0 Å². The Morgan fingerprint density at radius 1 is 0.875 bits per heavy atom. The van der Waals surface area contributed by atoms with Crippen molar-refractivity contribution in [2.45, 2.75) is 57.6 Å². The fraction of sp³-hybridized carbons (Fsp3) is 0.300. The number of hydrogen-bond acceptors (Lipinski definition) is 6. The van der Waals surface area contributed by atoms with Gasteiger partial charge in [-0.25, -0.2) is 9.59 Å². The van der Waals surface area contributed by atoms with E-state index < -0.39 is 23.6 Å². The number of benzene rings is 3. The molecule has 0 radical (unpaired) electrons. The highest BCUT2D eigenvalue weighted by molar-refractivity contribution is 7.99. The number of hydrogen-bond donors (Lipinski definition) is 2. The molecule has 250 valence electrons. The summed E-state index contributed by atoms with van der Waals surface area (Å²) in [6, 6.07) is 22.6. The molecule has 3 aromatic carbocycles. The number of thioether (sulfide) groups is 1. The predicted octanol–water partition coefficient (Wildman–Crippen LogP) is 7.52. The second kappa shape index (κ2) is 19.2. The molecule has 0 heterocycles. The molecule has 48 heavy (non-hydrogen) atoms. The lowest BCUT2D eigenvalue weighted by Crippen LogP contribution is -2.35. The molecule has 2 unspecified atom stereocenters. The Balaban J connectivity index is 1.50. The molecule has 0 bridgehead atoms. The van der Waals surface area contributed by atoms with Gasteiger partial charge in [-0.2, -0.15) is 0 Å². The maximum absolute atomic E-state index is 11.7. The van der Waals surface area contributed by atoms with Crippen LogP contribution in [-0.2, 0) is 31.1 Å². The fourth-order valence-corrected chi connectivity index (χ4v) is 5.28. The van der Waals surface area contributed by atoms with Crippen LogP contribution in [0.5, 0.6) is 5.75 Å². The number of ether oxygens (including phenoxy) is 3. The number of allylic oxidation sites excluding steroid dienone is 2. The zero-order valence-electron chi connectivity index (χ0n) is 28.0. The van der Waals surface area contributed by atoms with Gasteiger partial charge in [0.1, 0.15) is 12.4 Å². The van der Waals surface area contributed by atoms with E-state index in [2.05, 4.69) is 29.8 Å². The molecule has 3 rings (SSSR count). The van der Waals surface area contributed by atoms with Crippen molar-refractivity contribution < 1.29 is 34.0 Å². The number of aliphatic carboxylic acids is 2. The molecule has 8 heteroatoms. The Labute approximate surface area is 288 Å². The molecular formula is C40H42O7S. The molecule has 0 spiro atoms. The summed E-state index contributed by atoms with van der Waals surface area (Å²) < 4.78 is 16.6. The van der Waals surface area contributed by atoms with E-state index in [-0.39, 0.29) is 6.61 Å². The van der Waals surface area contributed by atoms with Gasteiger partial charge in [0.15, 0.2) is 11.7 Å². The summed E-state index contributed by atoms with van der Waals surface area (Å²) in [6.07, 6.45) is 3.49. The smallest absolute Gasteiger partial charge is 0.340 e. The van der Waals surface area contributed by atoms with Crippen molar-refractivity contribution in [3.8, 4) is 29.4 Å². The van der Waals surface area contributed by atoms with Crippen LogP contribution >= 0.6 is 11.8 Å². The first-order valence-electron chi connectivity index (χ1n) is 15.7. The second-order valence-electron chi connectivity index (χ2n) is 10.9. The van der Waals surface area contributed by atoms with Crippen molar-refractivity contribution in [1.29, 1.82) is 0 Å². The van der Waals surface area contributed by atoms with Gasteiger partial charge in [-0.05, 0) is 105 Å². The highest BCUT2D eigenvalue weighted by atomic mass is 32.2. The zero-order chi connectivity index (χ0) is 34.9. The third kappa shape index (κ3) is 12.1. The summed E-state index contributed by atoms with van der Waals surface area (Å²) in [5.74, 6) is 12.2. The molecule has 2 N–H and O–H groups in total. The minimum Gasteiger partial charge on any atom is -0.490 e. The lowest BCUT2D eigenvalue weighted by atomic mass is 9.96. The first kappa shape index (κ1) is 37.7. The van der Waals surface area contributed by atoms with Crippen LogP contribution in [0, 0.1) is 23.7 Å². The Morgan fingerprint density at radius 2 is 1.50 bits per heavy atom. The maximum atomic E-state index is 11.7. The van der Waals surface area contributed by atoms with Crippen LogP contribution < -0.4 is 4.74 Å². The minimum absolute atomic E-state index is 0.288. The molecule has 3 aromatic rings. The SMILES string of the molecule is CCOC(Cc1ccc(SCC=C(C)C#Cc2cccc(C#CC(C)=CCOc3ccc(C(C)(OCC)C(=O)O)cc3)c2)cc1)C(=O)O. The normalized spacial score (nSPS) is 13.3. The third-order valence-electron chi connectivity index (χ3n) is 7.18. The first-order chi connectivity index (χ1) is 23.0. The van der Waals surface area contributed by atoms with Gasteiger partial charge in [-0.15, -0.1) is 11.8 Å². The zero-order valence-corrected chi connectivity index (χ0v) is 28.9. The average molecular weight is 667 g/mol. The molecule has 7 nitrogen and oxygen atoms in total. The average Bonchev–Trinajstić information content (AvgIpc) is 3.07. The molecule has 0 amide bonds. The van der Waals surface area contributed by atoms with Crippen molar-refractivity contribution in [1.82, 2.24) is 0 Å². The molecule has 0 fully saturated rings. The lowest BCUT2D eigenvalue weighted by Gasteiger charge is -2.25. The number of rotatable bonds is 15. The summed E-state index contributed by atoms with van der Waals surface area (Å²) in [6.45, 7) is 9.97. The summed E-state index contributed by atoms with van der Waals surface area (Å²) in [7, 11) is 0. The van der Waals surface area contributed by atoms with Crippen LogP contribution in [-0.4, -0.2) is 53.8 Å². The van der Waals surface area contributed by atoms with E-state index in [1.54, 1.807) is 49.9 Å². The van der Waals surface area contributed by atoms with E-state index >= 15 is 0 Å². The Hall–Kier alpha value is -4.73. The van der Waals surface area contributed by atoms with Crippen molar-refractivity contribution >= 4 is 23.7 Å². The van der Waals surface area contributed by atoms with Crippen molar-refractivity contribution in [2.24, 2.45) is 0 Å². The second-order valence-corrected chi connectivity index (χ2v) is 12.0. The summed E-state index contributed by atoms with van der Waals surface area (Å²) in [5, 5.41) is 18.9. The minimum atomic E-state index is -1.41. The van der Waals surface area contributed by atoms with Gasteiger partial charge in [0.2, 0.25) is 0 Å². The molecular weight excluding hydrogens is 625 g/mol. The van der Waals surface area contributed by atoms with Crippen LogP contribution in [0.4, 0.5) is 0 Å². The van der Waals surface area contributed by atoms with E-state index in [0.717, 1.165) is 38.5 Å². The highest BCUT2D eigenvalue weighted by Gasteiger charge is 2.35. The van der Waals surface area contributed by atoms with E-state index in [1.807, 2.05) is 68.5 Å². The molecule has 0 saturated heterocycles.